The van der Waals surface area contributed by atoms with Crippen molar-refractivity contribution in [2.75, 3.05) is 6.61 Å². The van der Waals surface area contributed by atoms with Gasteiger partial charge in [0.15, 0.2) is 0 Å². The van der Waals surface area contributed by atoms with Crippen molar-refractivity contribution in [3.05, 3.63) is 137 Å². The minimum Gasteiger partial charge on any atom is -0.407 e. The molecule has 47 heavy (non-hydrogen) atoms. The number of nitrogens with zero attached hydrogens (tertiary/aromatic N) is 2. The summed E-state index contributed by atoms with van der Waals surface area (Å²) in [6.45, 7) is 15.7. The van der Waals surface area contributed by atoms with Crippen molar-refractivity contribution in [2.45, 2.75) is 70.5 Å². The summed E-state index contributed by atoms with van der Waals surface area (Å²) < 4.78 is 7.44. The van der Waals surface area contributed by atoms with E-state index < -0.39 is 8.32 Å². The van der Waals surface area contributed by atoms with E-state index in [0.717, 1.165) is 11.3 Å². The molecule has 0 spiro atoms. The molecule has 0 bridgehead atoms. The van der Waals surface area contributed by atoms with Gasteiger partial charge in [0.05, 0.1) is 16.8 Å². The summed E-state index contributed by atoms with van der Waals surface area (Å²) >= 11 is 12.8. The molecule has 4 nitrogen and oxygen atoms in total. The van der Waals surface area contributed by atoms with E-state index in [2.05, 4.69) is 106 Å². The van der Waals surface area contributed by atoms with Gasteiger partial charge >= 0.3 is 0 Å². The van der Waals surface area contributed by atoms with Crippen LogP contribution in [0.3, 0.4) is 0 Å². The first-order valence-corrected chi connectivity index (χ1v) is 19.2. The van der Waals surface area contributed by atoms with Gasteiger partial charge in [0.2, 0.25) is 5.91 Å². The monoisotopic (exact) mass is 684 g/mol. The molecule has 5 atom stereocenters. The van der Waals surface area contributed by atoms with Gasteiger partial charge in [-0.2, -0.15) is 0 Å². The molecule has 1 aliphatic rings. The van der Waals surface area contributed by atoms with Gasteiger partial charge in [-0.25, -0.2) is 0 Å². The Morgan fingerprint density at radius 1 is 0.957 bits per heavy atom. The fourth-order valence-electron chi connectivity index (χ4n) is 7.46. The second-order valence-electron chi connectivity index (χ2n) is 13.9. The first-order valence-electron chi connectivity index (χ1n) is 16.5. The van der Waals surface area contributed by atoms with Crippen molar-refractivity contribution < 1.29 is 9.22 Å². The third kappa shape index (κ3) is 7.29. The zero-order valence-corrected chi connectivity index (χ0v) is 30.6. The standard InChI is InChI=1S/C40H46Cl2N2O2Si/c1-7-15-31(27-46-47(40(4,5)6,34-18-10-8-11-19-34)35-20-12-9-13-21-35)29(3)44-38(37-23-22-33(42)26-43-37)36(24-28(2)39(44)45)30-16-14-17-32(41)25-30/h7-14,16-23,25-26,28-29,31,36,38H,1,15,24,27H2,2-6H3/t28?,29-,31+,36?,38?/m1/s1. The highest BCUT2D eigenvalue weighted by Gasteiger charge is 2.51. The van der Waals surface area contributed by atoms with E-state index in [1.54, 1.807) is 6.20 Å². The topological polar surface area (TPSA) is 42.4 Å². The van der Waals surface area contributed by atoms with Gasteiger partial charge in [0.25, 0.3) is 8.32 Å². The minimum atomic E-state index is -2.81. The summed E-state index contributed by atoms with van der Waals surface area (Å²) in [5.74, 6) is -0.0679. The lowest BCUT2D eigenvalue weighted by Crippen LogP contribution is -2.67. The molecule has 0 radical (unpaired) electrons. The molecular formula is C40H46Cl2N2O2Si. The number of carbonyl (C=O) groups excluding carboxylic acids is 1. The van der Waals surface area contributed by atoms with Crippen LogP contribution in [-0.2, 0) is 9.22 Å². The van der Waals surface area contributed by atoms with E-state index in [4.69, 9.17) is 32.6 Å². The molecule has 1 saturated heterocycles. The molecule has 1 fully saturated rings. The van der Waals surface area contributed by atoms with Crippen molar-refractivity contribution in [3.8, 4) is 0 Å². The largest absolute Gasteiger partial charge is 0.407 e. The van der Waals surface area contributed by atoms with E-state index >= 15 is 0 Å². The summed E-state index contributed by atoms with van der Waals surface area (Å²) in [5.41, 5.74) is 1.91. The average Bonchev–Trinajstić information content (AvgIpc) is 3.06. The van der Waals surface area contributed by atoms with Gasteiger partial charge in [0, 0.05) is 41.6 Å². The number of carbonyl (C=O) groups is 1. The maximum absolute atomic E-state index is 14.4. The van der Waals surface area contributed by atoms with Crippen molar-refractivity contribution in [2.24, 2.45) is 11.8 Å². The molecular weight excluding hydrogens is 639 g/mol. The molecule has 1 aliphatic heterocycles. The predicted octanol–water partition coefficient (Wildman–Crippen LogP) is 9.24. The molecule has 7 heteroatoms. The Bertz CT molecular complexity index is 1600. The lowest BCUT2D eigenvalue weighted by atomic mass is 9.76. The van der Waals surface area contributed by atoms with Crippen molar-refractivity contribution >= 4 is 47.8 Å². The van der Waals surface area contributed by atoms with Gasteiger partial charge in [-0.05, 0) is 65.0 Å². The van der Waals surface area contributed by atoms with E-state index in [1.165, 1.54) is 10.4 Å². The lowest BCUT2D eigenvalue weighted by molar-refractivity contribution is -0.147. The van der Waals surface area contributed by atoms with Crippen molar-refractivity contribution in [3.63, 3.8) is 0 Å². The predicted molar refractivity (Wildman–Crippen MR) is 198 cm³/mol. The second kappa shape index (κ2) is 14.9. The van der Waals surface area contributed by atoms with E-state index in [1.807, 2.05) is 43.3 Å². The van der Waals surface area contributed by atoms with Crippen LogP contribution in [0.5, 0.6) is 0 Å². The van der Waals surface area contributed by atoms with E-state index in [0.29, 0.717) is 29.5 Å². The molecule has 1 aromatic heterocycles. The summed E-state index contributed by atoms with van der Waals surface area (Å²) in [6.07, 6.45) is 5.02. The smallest absolute Gasteiger partial charge is 0.261 e. The minimum absolute atomic E-state index is 0.000460. The Labute approximate surface area is 291 Å². The number of aromatic nitrogens is 1. The van der Waals surface area contributed by atoms with Crippen LogP contribution in [0.15, 0.2) is 116 Å². The number of allylic oxidation sites excluding steroid dienone is 1. The number of benzene rings is 3. The first-order chi connectivity index (χ1) is 22.5. The normalized spacial score (nSPS) is 20.1. The Hall–Kier alpha value is -3.22. The summed E-state index contributed by atoms with van der Waals surface area (Å²) in [7, 11) is -2.81. The fourth-order valence-corrected chi connectivity index (χ4v) is 12.4. The van der Waals surface area contributed by atoms with Gasteiger partial charge < -0.3 is 9.33 Å². The number of rotatable bonds is 11. The Morgan fingerprint density at radius 3 is 2.13 bits per heavy atom. The van der Waals surface area contributed by atoms with Crippen LogP contribution < -0.4 is 10.4 Å². The van der Waals surface area contributed by atoms with Crippen LogP contribution in [0.2, 0.25) is 15.1 Å². The first kappa shape index (κ1) is 35.1. The molecule has 4 aromatic rings. The molecule has 1 amide bonds. The van der Waals surface area contributed by atoms with E-state index in [-0.39, 0.29) is 40.8 Å². The SMILES string of the molecule is C=CC[C@@H](CO[Si](c1ccccc1)(c1ccccc1)C(C)(C)C)[C@@H](C)N1C(=O)C(C)CC(c2cccc(Cl)c2)C1c1ccc(Cl)cn1. The van der Waals surface area contributed by atoms with Gasteiger partial charge in [0.1, 0.15) is 0 Å². The lowest BCUT2D eigenvalue weighted by Gasteiger charge is -2.49. The van der Waals surface area contributed by atoms with Crippen LogP contribution in [0.1, 0.15) is 70.7 Å². The number of hydrogen-bond donors (Lipinski definition) is 0. The van der Waals surface area contributed by atoms with E-state index in [9.17, 15) is 4.79 Å². The molecule has 246 valence electrons. The number of piperidine rings is 1. The third-order valence-electron chi connectivity index (χ3n) is 9.82. The zero-order chi connectivity index (χ0) is 33.8. The highest BCUT2D eigenvalue weighted by Crippen LogP contribution is 2.47. The Morgan fingerprint density at radius 2 is 1.60 bits per heavy atom. The molecule has 2 heterocycles. The quantitative estimate of drug-likeness (QED) is 0.117. The maximum Gasteiger partial charge on any atom is 0.261 e. The number of pyridine rings is 1. The molecule has 0 aliphatic carbocycles. The summed E-state index contributed by atoms with van der Waals surface area (Å²) in [5, 5.41) is 3.54. The highest BCUT2D eigenvalue weighted by atomic mass is 35.5. The maximum atomic E-state index is 14.4. The molecule has 5 rings (SSSR count). The van der Waals surface area contributed by atoms with Crippen molar-refractivity contribution in [1.82, 2.24) is 9.88 Å². The summed E-state index contributed by atoms with van der Waals surface area (Å²) in [6, 6.07) is 32.7. The highest BCUT2D eigenvalue weighted by molar-refractivity contribution is 6.99. The third-order valence-corrected chi connectivity index (χ3v) is 15.3. The molecule has 3 unspecified atom stereocenters. The van der Waals surface area contributed by atoms with Crippen LogP contribution in [-0.4, -0.2) is 36.8 Å². The van der Waals surface area contributed by atoms with Crippen LogP contribution in [0, 0.1) is 11.8 Å². The molecule has 0 saturated carbocycles. The van der Waals surface area contributed by atoms with Crippen molar-refractivity contribution in [1.29, 1.82) is 0 Å². The number of halogens is 2. The second-order valence-corrected chi connectivity index (χ2v) is 19.1. The van der Waals surface area contributed by atoms with Crippen LogP contribution >= 0.6 is 23.2 Å². The Kier molecular flexibility index (Phi) is 11.1. The Balaban J connectivity index is 1.58. The van der Waals surface area contributed by atoms with Gasteiger partial charge in [-0.3, -0.25) is 9.78 Å². The fraction of sp³-hybridized carbons (Fsp3) is 0.350. The summed E-state index contributed by atoms with van der Waals surface area (Å²) in [4.78, 5) is 21.2. The van der Waals surface area contributed by atoms with Crippen LogP contribution in [0.25, 0.3) is 0 Å². The van der Waals surface area contributed by atoms with Crippen LogP contribution in [0.4, 0.5) is 0 Å². The van der Waals surface area contributed by atoms with Gasteiger partial charge in [-0.15, -0.1) is 6.58 Å². The average molecular weight is 686 g/mol. The van der Waals surface area contributed by atoms with Gasteiger partial charge in [-0.1, -0.05) is 130 Å². The molecule has 0 N–H and O–H groups in total. The molecule has 3 aromatic carbocycles. The number of amides is 1. The number of hydrogen-bond acceptors (Lipinski definition) is 3. The zero-order valence-electron chi connectivity index (χ0n) is 28.1. The number of likely N-dealkylation sites (tertiary alicyclic amines) is 1.